The number of carbonyl (C=O) groups excluding carboxylic acids is 2. The Morgan fingerprint density at radius 3 is 2.52 bits per heavy atom. The van der Waals surface area contributed by atoms with Gasteiger partial charge in [0.2, 0.25) is 11.8 Å². The summed E-state index contributed by atoms with van der Waals surface area (Å²) >= 11 is 0. The fraction of sp³-hybridized carbons (Fsp3) is 0.600. The van der Waals surface area contributed by atoms with Gasteiger partial charge < -0.3 is 15.7 Å². The summed E-state index contributed by atoms with van der Waals surface area (Å²) in [6.07, 6.45) is 5.54. The second-order valence-corrected chi connectivity index (χ2v) is 7.01. The van der Waals surface area contributed by atoms with E-state index in [2.05, 4.69) is 10.6 Å². The Kier molecular flexibility index (Phi) is 7.92. The van der Waals surface area contributed by atoms with Crippen molar-refractivity contribution >= 4 is 11.8 Å². The smallest absolute Gasteiger partial charge is 0.223 e. The molecule has 0 saturated heterocycles. The highest BCUT2D eigenvalue weighted by molar-refractivity contribution is 5.80. The Hall–Kier alpha value is -1.88. The van der Waals surface area contributed by atoms with Gasteiger partial charge in [-0.15, -0.1) is 0 Å². The lowest BCUT2D eigenvalue weighted by atomic mass is 9.89. The van der Waals surface area contributed by atoms with E-state index in [1.54, 1.807) is 0 Å². The van der Waals surface area contributed by atoms with E-state index in [9.17, 15) is 14.7 Å². The first-order valence-corrected chi connectivity index (χ1v) is 9.36. The Balaban J connectivity index is 1.63. The summed E-state index contributed by atoms with van der Waals surface area (Å²) in [5, 5.41) is 15.9. The van der Waals surface area contributed by atoms with E-state index in [0.29, 0.717) is 13.0 Å². The molecule has 0 aliphatic heterocycles. The van der Waals surface area contributed by atoms with Gasteiger partial charge >= 0.3 is 0 Å². The lowest BCUT2D eigenvalue weighted by Crippen LogP contribution is -2.38. The fourth-order valence-electron chi connectivity index (χ4n) is 3.36. The molecule has 0 radical (unpaired) electrons. The van der Waals surface area contributed by atoms with Crippen molar-refractivity contribution in [1.29, 1.82) is 0 Å². The third-order valence-corrected chi connectivity index (χ3v) is 4.80. The minimum Gasteiger partial charge on any atom is -0.388 e. The molecule has 1 aromatic rings. The number of benzene rings is 1. The SMILES string of the molecule is CC(CC(O)c1ccccc1)NC(=O)CCNC(=O)C1CCCCC1. The van der Waals surface area contributed by atoms with E-state index in [0.717, 1.165) is 31.2 Å². The maximum Gasteiger partial charge on any atom is 0.223 e. The first-order chi connectivity index (χ1) is 12.1. The third-order valence-electron chi connectivity index (χ3n) is 4.80. The molecule has 1 aromatic carbocycles. The topological polar surface area (TPSA) is 78.4 Å². The van der Waals surface area contributed by atoms with Crippen LogP contribution in [0.4, 0.5) is 0 Å². The normalized spacial score (nSPS) is 17.5. The molecule has 0 bridgehead atoms. The highest BCUT2D eigenvalue weighted by Gasteiger charge is 2.21. The van der Waals surface area contributed by atoms with Gasteiger partial charge in [0.15, 0.2) is 0 Å². The zero-order chi connectivity index (χ0) is 18.1. The third kappa shape index (κ3) is 6.86. The molecule has 1 saturated carbocycles. The van der Waals surface area contributed by atoms with Crippen LogP contribution in [0.1, 0.15) is 63.5 Å². The molecule has 2 unspecified atom stereocenters. The van der Waals surface area contributed by atoms with E-state index < -0.39 is 6.10 Å². The van der Waals surface area contributed by atoms with Crippen LogP contribution in [0.5, 0.6) is 0 Å². The Labute approximate surface area is 150 Å². The van der Waals surface area contributed by atoms with Gasteiger partial charge in [0.05, 0.1) is 6.10 Å². The van der Waals surface area contributed by atoms with Gasteiger partial charge in [0, 0.05) is 24.9 Å². The molecule has 1 fully saturated rings. The highest BCUT2D eigenvalue weighted by Crippen LogP contribution is 2.23. The number of amides is 2. The predicted molar refractivity (Wildman–Crippen MR) is 97.8 cm³/mol. The van der Waals surface area contributed by atoms with Gasteiger partial charge in [-0.3, -0.25) is 9.59 Å². The Bertz CT molecular complexity index is 541. The molecule has 2 atom stereocenters. The van der Waals surface area contributed by atoms with Crippen molar-refractivity contribution in [3.05, 3.63) is 35.9 Å². The molecule has 0 heterocycles. The van der Waals surface area contributed by atoms with Gasteiger partial charge in [-0.1, -0.05) is 49.6 Å². The molecule has 2 amide bonds. The van der Waals surface area contributed by atoms with Crippen LogP contribution in [0.2, 0.25) is 0 Å². The van der Waals surface area contributed by atoms with Crippen molar-refractivity contribution in [3.8, 4) is 0 Å². The number of aliphatic hydroxyl groups is 1. The van der Waals surface area contributed by atoms with Crippen LogP contribution >= 0.6 is 0 Å². The number of hydrogen-bond acceptors (Lipinski definition) is 3. The minimum absolute atomic E-state index is 0.0834. The van der Waals surface area contributed by atoms with E-state index in [-0.39, 0.29) is 30.2 Å². The Morgan fingerprint density at radius 2 is 1.84 bits per heavy atom. The summed E-state index contributed by atoms with van der Waals surface area (Å²) in [5.74, 6) is 0.105. The molecule has 5 nitrogen and oxygen atoms in total. The maximum atomic E-state index is 12.0. The first kappa shape index (κ1) is 19.4. The van der Waals surface area contributed by atoms with Gasteiger partial charge in [0.1, 0.15) is 0 Å². The quantitative estimate of drug-likeness (QED) is 0.677. The van der Waals surface area contributed by atoms with Gasteiger partial charge in [0.25, 0.3) is 0 Å². The zero-order valence-corrected chi connectivity index (χ0v) is 15.0. The second-order valence-electron chi connectivity index (χ2n) is 7.01. The van der Waals surface area contributed by atoms with Gasteiger partial charge in [-0.05, 0) is 31.7 Å². The summed E-state index contributed by atoms with van der Waals surface area (Å²) in [6, 6.07) is 9.30. The van der Waals surface area contributed by atoms with Crippen molar-refractivity contribution < 1.29 is 14.7 Å². The molecule has 2 rings (SSSR count). The van der Waals surface area contributed by atoms with E-state index in [1.165, 1.54) is 6.42 Å². The van der Waals surface area contributed by atoms with E-state index in [4.69, 9.17) is 0 Å². The van der Waals surface area contributed by atoms with Crippen LogP contribution in [-0.4, -0.2) is 29.5 Å². The van der Waals surface area contributed by atoms with Crippen molar-refractivity contribution in [3.63, 3.8) is 0 Å². The van der Waals surface area contributed by atoms with Crippen LogP contribution in [-0.2, 0) is 9.59 Å². The number of hydrogen-bond donors (Lipinski definition) is 3. The molecular weight excluding hydrogens is 316 g/mol. The average molecular weight is 346 g/mol. The molecule has 0 aromatic heterocycles. The van der Waals surface area contributed by atoms with Gasteiger partial charge in [-0.2, -0.15) is 0 Å². The molecule has 25 heavy (non-hydrogen) atoms. The monoisotopic (exact) mass is 346 g/mol. The van der Waals surface area contributed by atoms with Crippen LogP contribution in [0.15, 0.2) is 30.3 Å². The van der Waals surface area contributed by atoms with Crippen LogP contribution < -0.4 is 10.6 Å². The lowest BCUT2D eigenvalue weighted by molar-refractivity contribution is -0.126. The highest BCUT2D eigenvalue weighted by atomic mass is 16.3. The first-order valence-electron chi connectivity index (χ1n) is 9.36. The standard InChI is InChI=1S/C20H30N2O3/c1-15(14-18(23)16-8-4-2-5-9-16)22-19(24)12-13-21-20(25)17-10-6-3-7-11-17/h2,4-5,8-9,15,17-18,23H,3,6-7,10-14H2,1H3,(H,21,25)(H,22,24). The number of carbonyl (C=O) groups is 2. The largest absolute Gasteiger partial charge is 0.388 e. The van der Waals surface area contributed by atoms with E-state index in [1.807, 2.05) is 37.3 Å². The van der Waals surface area contributed by atoms with Crippen molar-refractivity contribution in [2.45, 2.75) is 64.0 Å². The summed E-state index contributed by atoms with van der Waals surface area (Å²) < 4.78 is 0. The van der Waals surface area contributed by atoms with E-state index >= 15 is 0 Å². The molecule has 5 heteroatoms. The average Bonchev–Trinajstić information content (AvgIpc) is 2.63. The van der Waals surface area contributed by atoms with Crippen LogP contribution in [0.3, 0.4) is 0 Å². The minimum atomic E-state index is -0.595. The zero-order valence-electron chi connectivity index (χ0n) is 15.0. The lowest BCUT2D eigenvalue weighted by Gasteiger charge is -2.21. The van der Waals surface area contributed by atoms with Crippen molar-refractivity contribution in [1.82, 2.24) is 10.6 Å². The predicted octanol–water partition coefficient (Wildman–Crippen LogP) is 2.70. The van der Waals surface area contributed by atoms with Crippen LogP contribution in [0, 0.1) is 5.92 Å². The van der Waals surface area contributed by atoms with Crippen molar-refractivity contribution in [2.24, 2.45) is 5.92 Å². The molecule has 0 spiro atoms. The molecular formula is C20H30N2O3. The molecule has 3 N–H and O–H groups in total. The van der Waals surface area contributed by atoms with Gasteiger partial charge in [-0.25, -0.2) is 0 Å². The Morgan fingerprint density at radius 1 is 1.16 bits per heavy atom. The summed E-state index contributed by atoms with van der Waals surface area (Å²) in [4.78, 5) is 24.0. The fourth-order valence-corrected chi connectivity index (χ4v) is 3.36. The summed E-state index contributed by atoms with van der Waals surface area (Å²) in [6.45, 7) is 2.25. The molecule has 1 aliphatic rings. The van der Waals surface area contributed by atoms with Crippen molar-refractivity contribution in [2.75, 3.05) is 6.54 Å². The van der Waals surface area contributed by atoms with Crippen LogP contribution in [0.25, 0.3) is 0 Å². The number of rotatable bonds is 8. The number of nitrogens with one attached hydrogen (secondary N) is 2. The number of aliphatic hydroxyl groups excluding tert-OH is 1. The maximum absolute atomic E-state index is 12.0. The molecule has 138 valence electrons. The summed E-state index contributed by atoms with van der Waals surface area (Å²) in [5.41, 5.74) is 0.850. The second kappa shape index (κ2) is 10.2. The summed E-state index contributed by atoms with van der Waals surface area (Å²) in [7, 11) is 0. The molecule has 1 aliphatic carbocycles.